The van der Waals surface area contributed by atoms with Gasteiger partial charge in [0.05, 0.1) is 25.9 Å². The number of nitrogens with one attached hydrogen (secondary N) is 1. The van der Waals surface area contributed by atoms with E-state index in [0.717, 1.165) is 4.90 Å². The normalized spacial score (nSPS) is 14.0. The summed E-state index contributed by atoms with van der Waals surface area (Å²) < 4.78 is 11.6. The van der Waals surface area contributed by atoms with E-state index in [1.165, 1.54) is 42.8 Å². The number of carboxylic acids is 1. The van der Waals surface area contributed by atoms with E-state index in [1.807, 2.05) is 0 Å². The van der Waals surface area contributed by atoms with Gasteiger partial charge in [0.1, 0.15) is 0 Å². The smallest absolute Gasteiger partial charge is 0.335 e. The molecule has 1 aromatic rings. The Morgan fingerprint density at radius 1 is 1.30 bits per heavy atom. The molecule has 0 amide bonds. The highest BCUT2D eigenvalue weighted by Gasteiger charge is 2.15. The van der Waals surface area contributed by atoms with Gasteiger partial charge >= 0.3 is 5.97 Å². The number of hydrogen-bond acceptors (Lipinski definition) is 7. The van der Waals surface area contributed by atoms with Crippen molar-refractivity contribution < 1.29 is 19.4 Å². The Hall–Kier alpha value is -2.35. The van der Waals surface area contributed by atoms with E-state index in [4.69, 9.17) is 14.6 Å². The van der Waals surface area contributed by atoms with Crippen molar-refractivity contribution in [2.45, 2.75) is 4.90 Å². The van der Waals surface area contributed by atoms with E-state index < -0.39 is 5.97 Å². The van der Waals surface area contributed by atoms with Crippen LogP contribution in [0.1, 0.15) is 10.4 Å². The molecule has 0 aromatic heterocycles. The lowest BCUT2D eigenvalue weighted by molar-refractivity contribution is 0.0697. The molecule has 8 heteroatoms. The second-order valence-electron chi connectivity index (χ2n) is 3.66. The molecule has 0 saturated heterocycles. The summed E-state index contributed by atoms with van der Waals surface area (Å²) in [6.07, 6.45) is 1.62. The number of carboxylic acid groups (broad SMARTS) is 1. The molecule has 1 aromatic carbocycles. The van der Waals surface area contributed by atoms with Crippen molar-refractivity contribution in [3.05, 3.63) is 41.8 Å². The number of aromatic carboxylic acids is 1. The van der Waals surface area contributed by atoms with Gasteiger partial charge in [0.15, 0.2) is 0 Å². The number of carbonyl (C=O) groups is 1. The van der Waals surface area contributed by atoms with Crippen LogP contribution < -0.4 is 5.43 Å². The fraction of sp³-hybridized carbons (Fsp3) is 0.167. The first-order chi connectivity index (χ1) is 9.62. The van der Waals surface area contributed by atoms with Gasteiger partial charge in [-0.15, -0.1) is 9.62 Å². The molecule has 0 fully saturated rings. The molecule has 1 aliphatic heterocycles. The van der Waals surface area contributed by atoms with Gasteiger partial charge < -0.3 is 14.6 Å². The minimum absolute atomic E-state index is 0.236. The highest BCUT2D eigenvalue weighted by Crippen LogP contribution is 2.24. The number of hydrogen-bond donors (Lipinski definition) is 2. The fourth-order valence-electron chi connectivity index (χ4n) is 1.39. The molecule has 1 heterocycles. The fourth-order valence-corrected chi connectivity index (χ4v) is 2.10. The van der Waals surface area contributed by atoms with Crippen LogP contribution in [0.25, 0.3) is 0 Å². The lowest BCUT2D eigenvalue weighted by Crippen LogP contribution is -2.33. The maximum atomic E-state index is 10.8. The molecule has 106 valence electrons. The summed E-state index contributed by atoms with van der Waals surface area (Å²) in [7, 11) is 3.04. The number of hydrazone groups is 1. The average Bonchev–Trinajstić information content (AvgIpc) is 2.47. The number of benzene rings is 1. The molecule has 7 nitrogen and oxygen atoms in total. The van der Waals surface area contributed by atoms with Crippen molar-refractivity contribution in [1.29, 1.82) is 0 Å². The number of hydrazine groups is 1. The van der Waals surface area contributed by atoms with Crippen LogP contribution in [0.4, 0.5) is 0 Å². The maximum absolute atomic E-state index is 10.8. The van der Waals surface area contributed by atoms with Crippen LogP contribution >= 0.6 is 11.9 Å². The molecule has 2 rings (SSSR count). The zero-order valence-corrected chi connectivity index (χ0v) is 11.7. The van der Waals surface area contributed by atoms with Gasteiger partial charge in [-0.1, -0.05) is 0 Å². The summed E-state index contributed by atoms with van der Waals surface area (Å²) >= 11 is 1.26. The number of nitrogens with zero attached hydrogens (tertiary/aromatic N) is 2. The Morgan fingerprint density at radius 3 is 2.55 bits per heavy atom. The first-order valence-corrected chi connectivity index (χ1v) is 6.36. The molecule has 0 aliphatic carbocycles. The van der Waals surface area contributed by atoms with Crippen molar-refractivity contribution >= 4 is 23.8 Å². The third-order valence-electron chi connectivity index (χ3n) is 2.37. The molecule has 0 atom stereocenters. The Labute approximate surface area is 120 Å². The summed E-state index contributed by atoms with van der Waals surface area (Å²) in [5.74, 6) is -0.0660. The standard InChI is InChI=1S/C12H13N3O4S/c1-18-10-7-11(19-2)14-15(13-10)20-9-5-3-8(4-6-9)12(16)17/h3-7,13H,1-2H3,(H,16,17). The molecule has 1 aliphatic rings. The van der Waals surface area contributed by atoms with Crippen molar-refractivity contribution in [3.8, 4) is 0 Å². The first-order valence-electron chi connectivity index (χ1n) is 5.59. The van der Waals surface area contributed by atoms with Crippen LogP contribution in [0, 0.1) is 0 Å². The largest absolute Gasteiger partial charge is 0.481 e. The molecule has 2 N–H and O–H groups in total. The van der Waals surface area contributed by atoms with Crippen molar-refractivity contribution in [3.63, 3.8) is 0 Å². The number of ether oxygens (including phenoxy) is 2. The lowest BCUT2D eigenvalue weighted by Gasteiger charge is -2.24. The Kier molecular flexibility index (Phi) is 4.36. The number of rotatable bonds is 4. The minimum atomic E-state index is -0.957. The quantitative estimate of drug-likeness (QED) is 0.817. The van der Waals surface area contributed by atoms with Gasteiger partial charge in [0.2, 0.25) is 11.8 Å². The van der Waals surface area contributed by atoms with Crippen molar-refractivity contribution in [2.24, 2.45) is 5.10 Å². The van der Waals surface area contributed by atoms with E-state index in [9.17, 15) is 4.79 Å². The van der Waals surface area contributed by atoms with Gasteiger partial charge in [0.25, 0.3) is 0 Å². The van der Waals surface area contributed by atoms with E-state index >= 15 is 0 Å². The van der Waals surface area contributed by atoms with Crippen LogP contribution in [-0.2, 0) is 9.47 Å². The Balaban J connectivity index is 2.08. The summed E-state index contributed by atoms with van der Waals surface area (Å²) in [6.45, 7) is 0. The molecular formula is C12H13N3O4S. The molecule has 0 saturated carbocycles. The molecule has 0 bridgehead atoms. The topological polar surface area (TPSA) is 83.4 Å². The highest BCUT2D eigenvalue weighted by atomic mass is 32.2. The van der Waals surface area contributed by atoms with Gasteiger partial charge in [-0.05, 0) is 24.3 Å². The SMILES string of the molecule is COC1=CC(OC)=NN(Sc2ccc(C(=O)O)cc2)N1. The number of methoxy groups -OCH3 is 2. The third kappa shape index (κ3) is 3.35. The summed E-state index contributed by atoms with van der Waals surface area (Å²) in [4.78, 5) is 11.6. The van der Waals surface area contributed by atoms with E-state index in [0.29, 0.717) is 11.8 Å². The minimum Gasteiger partial charge on any atom is -0.481 e. The first kappa shape index (κ1) is 14.1. The lowest BCUT2D eigenvalue weighted by atomic mass is 10.2. The maximum Gasteiger partial charge on any atom is 0.335 e. The summed E-state index contributed by atoms with van der Waals surface area (Å²) in [5.41, 5.74) is 3.14. The summed E-state index contributed by atoms with van der Waals surface area (Å²) in [5, 5.41) is 13.0. The average molecular weight is 295 g/mol. The zero-order chi connectivity index (χ0) is 14.5. The molecular weight excluding hydrogens is 282 g/mol. The van der Waals surface area contributed by atoms with Crippen molar-refractivity contribution in [2.75, 3.05) is 14.2 Å². The molecule has 20 heavy (non-hydrogen) atoms. The van der Waals surface area contributed by atoms with E-state index in [-0.39, 0.29) is 5.56 Å². The van der Waals surface area contributed by atoms with Crippen LogP contribution in [0.3, 0.4) is 0 Å². The van der Waals surface area contributed by atoms with Crippen LogP contribution in [0.5, 0.6) is 0 Å². The Morgan fingerprint density at radius 2 is 2.00 bits per heavy atom. The van der Waals surface area contributed by atoms with Gasteiger partial charge in [-0.3, -0.25) is 0 Å². The van der Waals surface area contributed by atoms with Crippen LogP contribution in [0.2, 0.25) is 0 Å². The second kappa shape index (κ2) is 6.20. The molecule has 0 spiro atoms. The molecule has 0 radical (unpaired) electrons. The third-order valence-corrected chi connectivity index (χ3v) is 3.20. The monoisotopic (exact) mass is 295 g/mol. The van der Waals surface area contributed by atoms with Crippen LogP contribution in [0.15, 0.2) is 46.2 Å². The van der Waals surface area contributed by atoms with Gasteiger partial charge in [0, 0.05) is 16.8 Å². The van der Waals surface area contributed by atoms with Crippen molar-refractivity contribution in [1.82, 2.24) is 9.95 Å². The van der Waals surface area contributed by atoms with E-state index in [2.05, 4.69) is 10.5 Å². The van der Waals surface area contributed by atoms with E-state index in [1.54, 1.807) is 18.2 Å². The van der Waals surface area contributed by atoms with Gasteiger partial charge in [-0.2, -0.15) is 0 Å². The highest BCUT2D eigenvalue weighted by molar-refractivity contribution is 7.97. The van der Waals surface area contributed by atoms with Gasteiger partial charge in [-0.25, -0.2) is 10.2 Å². The summed E-state index contributed by atoms with van der Waals surface area (Å²) in [6, 6.07) is 6.45. The predicted molar refractivity (Wildman–Crippen MR) is 73.8 cm³/mol. The Bertz CT molecular complexity index is 556. The molecule has 0 unspecified atom stereocenters. The second-order valence-corrected chi connectivity index (χ2v) is 4.66. The predicted octanol–water partition coefficient (Wildman–Crippen LogP) is 1.66. The zero-order valence-electron chi connectivity index (χ0n) is 10.9. The van der Waals surface area contributed by atoms with Crippen LogP contribution in [-0.4, -0.2) is 35.7 Å².